The third-order valence-electron chi connectivity index (χ3n) is 3.46. The quantitative estimate of drug-likeness (QED) is 0.142. The maximum absolute atomic E-state index is 10.1. The lowest BCUT2D eigenvalue weighted by Gasteiger charge is -2.23. The fourth-order valence-electron chi connectivity index (χ4n) is 2.25. The predicted octanol–water partition coefficient (Wildman–Crippen LogP) is -3.00. The van der Waals surface area contributed by atoms with Gasteiger partial charge in [0.05, 0.1) is 12.6 Å². The van der Waals surface area contributed by atoms with Crippen LogP contribution in [0.2, 0.25) is 0 Å². The molecular formula is C10H17BO12P2S2. The second kappa shape index (κ2) is 8.98. The molecule has 4 unspecified atom stereocenters. The lowest BCUT2D eigenvalue weighted by Crippen LogP contribution is -2.35. The van der Waals surface area contributed by atoms with E-state index < -0.39 is 69.1 Å². The van der Waals surface area contributed by atoms with Gasteiger partial charge in [0, 0.05) is 11.8 Å². The van der Waals surface area contributed by atoms with Gasteiger partial charge in [-0.2, -0.15) is 0 Å². The Kier molecular flexibility index (Phi) is 7.85. The highest BCUT2D eigenvalue weighted by Crippen LogP contribution is 2.49. The number of rotatable bonds is 8. The molecule has 0 bridgehead atoms. The molecule has 17 heteroatoms. The monoisotopic (exact) mass is 466 g/mol. The van der Waals surface area contributed by atoms with Crippen LogP contribution in [0.3, 0.4) is 0 Å². The number of aliphatic hydroxyl groups excluding tert-OH is 4. The highest BCUT2D eigenvalue weighted by atomic mass is 32.5. The Hall–Kier alpha value is 0.305. The van der Waals surface area contributed by atoms with E-state index in [-0.39, 0.29) is 5.76 Å². The molecule has 2 aliphatic heterocycles. The minimum absolute atomic E-state index is 0.323. The molecule has 1 saturated heterocycles. The summed E-state index contributed by atoms with van der Waals surface area (Å²) in [5.41, 5.74) is 0. The van der Waals surface area contributed by atoms with Gasteiger partial charge < -0.3 is 53.6 Å². The fourth-order valence-corrected chi connectivity index (χ4v) is 4.29. The van der Waals surface area contributed by atoms with E-state index in [1.54, 1.807) is 0 Å². The van der Waals surface area contributed by atoms with E-state index in [0.717, 1.165) is 0 Å². The van der Waals surface area contributed by atoms with Gasteiger partial charge in [0.15, 0.2) is 17.8 Å². The fraction of sp³-hybridized carbons (Fsp3) is 0.800. The maximum Gasteiger partial charge on any atom is 0.375 e. The van der Waals surface area contributed by atoms with E-state index in [0.29, 0.717) is 0 Å². The Morgan fingerprint density at radius 2 is 1.78 bits per heavy atom. The molecule has 7 N–H and O–H groups in total. The van der Waals surface area contributed by atoms with Gasteiger partial charge in [0.25, 0.3) is 0 Å². The van der Waals surface area contributed by atoms with Gasteiger partial charge in [0.2, 0.25) is 0 Å². The Morgan fingerprint density at radius 1 is 1.15 bits per heavy atom. The molecule has 0 saturated carbocycles. The molecule has 0 aliphatic carbocycles. The van der Waals surface area contributed by atoms with E-state index >= 15 is 0 Å². The first-order chi connectivity index (χ1) is 12.3. The van der Waals surface area contributed by atoms with Crippen molar-refractivity contribution >= 4 is 44.9 Å². The average Bonchev–Trinajstić information content (AvgIpc) is 2.96. The predicted molar refractivity (Wildman–Crippen MR) is 94.8 cm³/mol. The van der Waals surface area contributed by atoms with Gasteiger partial charge in [-0.3, -0.25) is 4.52 Å². The zero-order valence-corrected chi connectivity index (χ0v) is 16.8. The largest absolute Gasteiger partial charge is 0.496 e. The molecule has 2 rings (SSSR count). The van der Waals surface area contributed by atoms with Crippen LogP contribution in [0.1, 0.15) is 0 Å². The average molecular weight is 466 g/mol. The van der Waals surface area contributed by atoms with Crippen molar-refractivity contribution in [2.24, 2.45) is 0 Å². The Bertz CT molecular complexity index is 673. The summed E-state index contributed by atoms with van der Waals surface area (Å²) < 4.78 is 24.5. The standard InChI is InChI=1S/C10H17BO12P2S2/c11-9-6(14)7(22-24(16,17)26)4(20-9)2-19-25(18,27)23-8-5(13)3(1-12)21-10(8)15/h3,5-6,8-10,12-15H,1-2H2,(H,18,27)(H2,16,17,26)/t3-,5?,6?,8?,9-,10-,25?/m1/s1. The Morgan fingerprint density at radius 3 is 2.30 bits per heavy atom. The van der Waals surface area contributed by atoms with Gasteiger partial charge >= 0.3 is 13.4 Å². The van der Waals surface area contributed by atoms with Crippen LogP contribution in [0.4, 0.5) is 0 Å². The lowest BCUT2D eigenvalue weighted by atomic mass is 9.95. The zero-order chi connectivity index (χ0) is 20.6. The van der Waals surface area contributed by atoms with Crippen molar-refractivity contribution in [3.8, 4) is 0 Å². The summed E-state index contributed by atoms with van der Waals surface area (Å²) in [5.74, 6) is -0.827. The van der Waals surface area contributed by atoms with E-state index in [1.807, 2.05) is 0 Å². The minimum atomic E-state index is -4.22. The molecule has 154 valence electrons. The smallest absolute Gasteiger partial charge is 0.375 e. The van der Waals surface area contributed by atoms with Crippen molar-refractivity contribution in [2.75, 3.05) is 13.2 Å². The number of ether oxygens (including phenoxy) is 2. The lowest BCUT2D eigenvalue weighted by molar-refractivity contribution is -0.129. The molecule has 0 aromatic carbocycles. The molecule has 2 radical (unpaired) electrons. The molecule has 27 heavy (non-hydrogen) atoms. The van der Waals surface area contributed by atoms with Gasteiger partial charge in [-0.1, -0.05) is 0 Å². The van der Waals surface area contributed by atoms with Crippen LogP contribution in [0, 0.1) is 0 Å². The normalized spacial score (nSPS) is 36.6. The summed E-state index contributed by atoms with van der Waals surface area (Å²) in [7, 11) is 5.46. The zero-order valence-electron chi connectivity index (χ0n) is 13.3. The number of hydrogen-bond donors (Lipinski definition) is 7. The molecule has 0 spiro atoms. The molecule has 12 nitrogen and oxygen atoms in total. The van der Waals surface area contributed by atoms with Crippen LogP contribution >= 0.6 is 13.4 Å². The minimum Gasteiger partial charge on any atom is -0.496 e. The maximum atomic E-state index is 10.1. The van der Waals surface area contributed by atoms with E-state index in [4.69, 9.17) is 43.3 Å². The Balaban J connectivity index is 2.05. The summed E-state index contributed by atoms with van der Waals surface area (Å²) in [6, 6.07) is -1.32. The van der Waals surface area contributed by atoms with Gasteiger partial charge in [0.1, 0.15) is 38.9 Å². The first kappa shape index (κ1) is 23.6. The van der Waals surface area contributed by atoms with E-state index in [9.17, 15) is 30.0 Å². The van der Waals surface area contributed by atoms with Gasteiger partial charge in [-0.25, -0.2) is 0 Å². The molecular weight excluding hydrogens is 449 g/mol. The van der Waals surface area contributed by atoms with E-state index in [1.165, 1.54) is 0 Å². The van der Waals surface area contributed by atoms with Crippen molar-refractivity contribution in [2.45, 2.75) is 36.7 Å². The van der Waals surface area contributed by atoms with Crippen molar-refractivity contribution in [1.29, 1.82) is 0 Å². The summed E-state index contributed by atoms with van der Waals surface area (Å²) in [5, 5.41) is 38.4. The van der Waals surface area contributed by atoms with Crippen molar-refractivity contribution < 1.29 is 58.2 Å². The summed E-state index contributed by atoms with van der Waals surface area (Å²) in [6.07, 6.45) is -7.40. The van der Waals surface area contributed by atoms with Crippen LogP contribution in [0.15, 0.2) is 11.5 Å². The Labute approximate surface area is 164 Å². The molecule has 0 aromatic rings. The molecule has 1 fully saturated rings. The molecule has 0 aromatic heterocycles. The molecule has 7 atom stereocenters. The first-order valence-corrected chi connectivity index (χ1v) is 12.4. The molecule has 2 aliphatic rings. The molecule has 0 amide bonds. The highest BCUT2D eigenvalue weighted by Gasteiger charge is 2.46. The van der Waals surface area contributed by atoms with Crippen LogP contribution in [0.25, 0.3) is 0 Å². The third kappa shape index (κ3) is 6.14. The van der Waals surface area contributed by atoms with Crippen LogP contribution < -0.4 is 0 Å². The topological polar surface area (TPSA) is 188 Å². The number of aliphatic hydroxyl groups is 4. The van der Waals surface area contributed by atoms with Gasteiger partial charge in [-0.15, -0.1) is 0 Å². The van der Waals surface area contributed by atoms with Crippen molar-refractivity contribution in [3.63, 3.8) is 0 Å². The SMILES string of the molecule is [B][C@@H]1OC(COP(O)(=S)OC2C(O)[C@@H](CO)O[C@H]2O)=C(OP(O)(O)=S)C1O. The van der Waals surface area contributed by atoms with Gasteiger partial charge in [-0.05, 0) is 11.8 Å². The van der Waals surface area contributed by atoms with Crippen molar-refractivity contribution in [1.82, 2.24) is 0 Å². The van der Waals surface area contributed by atoms with Crippen LogP contribution in [-0.4, -0.2) is 92.9 Å². The number of hydrogen-bond acceptors (Lipinski definition) is 11. The van der Waals surface area contributed by atoms with E-state index in [2.05, 4.69) is 16.3 Å². The summed E-state index contributed by atoms with van der Waals surface area (Å²) >= 11 is 9.07. The second-order valence-corrected chi connectivity index (χ2v) is 10.8. The molecule has 2 heterocycles. The third-order valence-corrected chi connectivity index (χ3v) is 5.65. The first-order valence-electron chi connectivity index (χ1n) is 7.21. The van der Waals surface area contributed by atoms with Crippen LogP contribution in [-0.2, 0) is 46.7 Å². The van der Waals surface area contributed by atoms with Crippen LogP contribution in [0.5, 0.6) is 0 Å². The summed E-state index contributed by atoms with van der Waals surface area (Å²) in [4.78, 5) is 28.5. The van der Waals surface area contributed by atoms with Crippen molar-refractivity contribution in [3.05, 3.63) is 11.5 Å². The summed E-state index contributed by atoms with van der Waals surface area (Å²) in [6.45, 7) is -9.62. The highest BCUT2D eigenvalue weighted by molar-refractivity contribution is 8.07. The second-order valence-electron chi connectivity index (χ2n) is 5.45.